The Balaban J connectivity index is 0.000000343. The smallest absolute Gasteiger partial charge is 0.0281 e. The highest BCUT2D eigenvalue weighted by Crippen LogP contribution is 2.47. The highest BCUT2D eigenvalue weighted by Gasteiger charge is 2.29. The van der Waals surface area contributed by atoms with Gasteiger partial charge in [-0.1, -0.05) is 268 Å². The van der Waals surface area contributed by atoms with Crippen molar-refractivity contribution in [3.63, 3.8) is 0 Å². The van der Waals surface area contributed by atoms with Crippen LogP contribution in [0.15, 0.2) is 235 Å². The molecule has 0 heteroatoms. The van der Waals surface area contributed by atoms with Crippen molar-refractivity contribution in [2.75, 3.05) is 0 Å². The van der Waals surface area contributed by atoms with E-state index in [0.717, 1.165) is 31.3 Å². The van der Waals surface area contributed by atoms with Gasteiger partial charge < -0.3 is 0 Å². The molecule has 4 aromatic carbocycles. The van der Waals surface area contributed by atoms with Crippen LogP contribution in [0, 0.1) is 5.92 Å². The van der Waals surface area contributed by atoms with E-state index in [4.69, 9.17) is 0 Å². The summed E-state index contributed by atoms with van der Waals surface area (Å²) in [7, 11) is 0. The average Bonchev–Trinajstić information content (AvgIpc) is 3.97. The summed E-state index contributed by atoms with van der Waals surface area (Å²) in [5.74, 6) is 0.644. The second-order valence-electron chi connectivity index (χ2n) is 15.6. The van der Waals surface area contributed by atoms with Crippen molar-refractivity contribution in [3.8, 4) is 0 Å². The van der Waals surface area contributed by atoms with Crippen LogP contribution in [0.25, 0.3) is 22.3 Å². The van der Waals surface area contributed by atoms with Crippen LogP contribution in [0.1, 0.15) is 136 Å². The molecular formula is C65H78. The van der Waals surface area contributed by atoms with Gasteiger partial charge in [0.2, 0.25) is 0 Å². The highest BCUT2D eigenvalue weighted by molar-refractivity contribution is 5.86. The van der Waals surface area contributed by atoms with Gasteiger partial charge in [0.1, 0.15) is 0 Å². The molecule has 0 N–H and O–H groups in total. The Kier molecular flexibility index (Phi) is 23.9. The van der Waals surface area contributed by atoms with Gasteiger partial charge in [0.25, 0.3) is 0 Å². The summed E-state index contributed by atoms with van der Waals surface area (Å²) in [4.78, 5) is 0. The van der Waals surface area contributed by atoms with Crippen molar-refractivity contribution in [2.24, 2.45) is 5.92 Å². The van der Waals surface area contributed by atoms with Gasteiger partial charge in [0.05, 0.1) is 0 Å². The van der Waals surface area contributed by atoms with Gasteiger partial charge in [-0.25, -0.2) is 0 Å². The Hall–Kier alpha value is -6.24. The van der Waals surface area contributed by atoms with Crippen molar-refractivity contribution >= 4 is 22.3 Å². The lowest BCUT2D eigenvalue weighted by Gasteiger charge is -2.22. The molecule has 4 aromatic rings. The molecule has 0 nitrogen and oxygen atoms in total. The Morgan fingerprint density at radius 3 is 1.92 bits per heavy atom. The van der Waals surface area contributed by atoms with E-state index in [1.54, 1.807) is 5.57 Å². The lowest BCUT2D eigenvalue weighted by molar-refractivity contribution is 0.812. The summed E-state index contributed by atoms with van der Waals surface area (Å²) in [5.41, 5.74) is 19.9. The SMILES string of the molecule is C=CC(=C)C1=C(C(C=CC2=CC3=C(CC2)C(C)c2ccccc23)/C(=C\C=C/C)c2ccccc2)C=CC1.CC.CC.CC.CC/C=C(/C=C(C)\C=C(/C)c1ccccc1)c1ccccc1. The summed E-state index contributed by atoms with van der Waals surface area (Å²) in [6, 6.07) is 40.8. The van der Waals surface area contributed by atoms with Crippen LogP contribution in [0.2, 0.25) is 0 Å². The maximum Gasteiger partial charge on any atom is 0.0281 e. The topological polar surface area (TPSA) is 0 Å². The molecule has 2 atom stereocenters. The first-order chi connectivity index (χ1) is 31.8. The van der Waals surface area contributed by atoms with E-state index in [-0.39, 0.29) is 5.92 Å². The van der Waals surface area contributed by atoms with Crippen LogP contribution in [0.3, 0.4) is 0 Å². The van der Waals surface area contributed by atoms with E-state index < -0.39 is 0 Å². The maximum absolute atomic E-state index is 4.31. The molecule has 338 valence electrons. The Bertz CT molecular complexity index is 2420. The zero-order valence-corrected chi connectivity index (χ0v) is 41.8. The number of benzene rings is 4. The monoisotopic (exact) mass is 859 g/mol. The molecule has 3 aliphatic rings. The molecule has 0 spiro atoms. The summed E-state index contributed by atoms with van der Waals surface area (Å²) in [6.45, 7) is 31.3. The molecular weight excluding hydrogens is 781 g/mol. The van der Waals surface area contributed by atoms with Crippen molar-refractivity contribution in [2.45, 2.75) is 108 Å². The van der Waals surface area contributed by atoms with Crippen LogP contribution in [-0.2, 0) is 0 Å². The van der Waals surface area contributed by atoms with Crippen LogP contribution < -0.4 is 0 Å². The van der Waals surface area contributed by atoms with Crippen molar-refractivity contribution in [3.05, 3.63) is 263 Å². The van der Waals surface area contributed by atoms with Gasteiger partial charge in [-0.15, -0.1) is 0 Å². The zero-order chi connectivity index (χ0) is 47.6. The van der Waals surface area contributed by atoms with E-state index in [1.807, 2.05) is 47.6 Å². The fourth-order valence-corrected chi connectivity index (χ4v) is 8.48. The lowest BCUT2D eigenvalue weighted by atomic mass is 9.82. The van der Waals surface area contributed by atoms with Crippen molar-refractivity contribution in [1.29, 1.82) is 0 Å². The predicted molar refractivity (Wildman–Crippen MR) is 294 cm³/mol. The Labute approximate surface area is 396 Å². The Morgan fingerprint density at radius 2 is 1.32 bits per heavy atom. The first kappa shape index (κ1) is 53.1. The largest absolute Gasteiger partial charge is 0.0985 e. The standard InChI is InChI=1S/C37H36.C22H24.3C2H6/c1-5-7-16-33(29-14-9-8-10-15-29)36(34-20-13-19-30(34)26(3)6-2)24-22-28-21-23-32-27(4)31-17-11-12-18-35(31)37(32)25-28;1-4-11-22(21-14-9-6-10-15-21)17-18(2)16-19(3)20-12-7-5-8-13-20;3*1-2/h5-18,20,22,24-25,27,36H,2-3,19,21,23H2,1,4H3;5-17H,4H2,1-3H3;3*1-2H3/b7-5-,24-22?,33-16-;18-17-,19-16+,22-11-;;;. The molecule has 0 amide bonds. The van der Waals surface area contributed by atoms with Crippen LogP contribution >= 0.6 is 0 Å². The van der Waals surface area contributed by atoms with Gasteiger partial charge in [-0.05, 0) is 119 Å². The van der Waals surface area contributed by atoms with E-state index in [9.17, 15) is 0 Å². The first-order valence-corrected chi connectivity index (χ1v) is 24.3. The van der Waals surface area contributed by atoms with Crippen LogP contribution in [0.5, 0.6) is 0 Å². The second kappa shape index (κ2) is 29.3. The number of fused-ring (bicyclic) bond motifs is 2. The molecule has 0 aromatic heterocycles. The average molecular weight is 859 g/mol. The van der Waals surface area contributed by atoms with E-state index in [0.29, 0.717) is 5.92 Å². The molecule has 65 heavy (non-hydrogen) atoms. The number of hydrogen-bond acceptors (Lipinski definition) is 0. The minimum absolute atomic E-state index is 0.120. The van der Waals surface area contributed by atoms with Gasteiger partial charge >= 0.3 is 0 Å². The molecule has 0 aliphatic heterocycles. The second-order valence-corrected chi connectivity index (χ2v) is 15.6. The fraction of sp³-hybridized carbons (Fsp3) is 0.262. The highest BCUT2D eigenvalue weighted by atomic mass is 14.3. The molecule has 3 aliphatic carbocycles. The van der Waals surface area contributed by atoms with Crippen molar-refractivity contribution < 1.29 is 0 Å². The summed E-state index contributed by atoms with van der Waals surface area (Å²) >= 11 is 0. The molecule has 0 fully saturated rings. The fourth-order valence-electron chi connectivity index (χ4n) is 8.48. The van der Waals surface area contributed by atoms with Gasteiger partial charge in [-0.3, -0.25) is 0 Å². The van der Waals surface area contributed by atoms with Crippen molar-refractivity contribution in [1.82, 2.24) is 0 Å². The predicted octanol–water partition coefficient (Wildman–Crippen LogP) is 19.7. The summed E-state index contributed by atoms with van der Waals surface area (Å²) in [6.07, 6.45) is 31.1. The third-order valence-corrected chi connectivity index (χ3v) is 11.5. The Morgan fingerprint density at radius 1 is 0.738 bits per heavy atom. The lowest BCUT2D eigenvalue weighted by Crippen LogP contribution is -2.06. The van der Waals surface area contributed by atoms with Crippen LogP contribution in [0.4, 0.5) is 0 Å². The number of hydrogen-bond donors (Lipinski definition) is 0. The third-order valence-electron chi connectivity index (χ3n) is 11.5. The third kappa shape index (κ3) is 14.9. The molecule has 0 saturated carbocycles. The minimum Gasteiger partial charge on any atom is -0.0985 e. The van der Waals surface area contributed by atoms with Gasteiger partial charge in [-0.2, -0.15) is 0 Å². The zero-order valence-electron chi connectivity index (χ0n) is 41.8. The molecule has 2 unspecified atom stereocenters. The number of rotatable bonds is 13. The van der Waals surface area contributed by atoms with Crippen LogP contribution in [-0.4, -0.2) is 0 Å². The number of allylic oxidation sites excluding steroid dienone is 22. The molecule has 7 rings (SSSR count). The molecule has 0 bridgehead atoms. The van der Waals surface area contributed by atoms with Gasteiger partial charge in [0.15, 0.2) is 0 Å². The van der Waals surface area contributed by atoms with E-state index in [1.165, 1.54) is 72.4 Å². The van der Waals surface area contributed by atoms with E-state index >= 15 is 0 Å². The van der Waals surface area contributed by atoms with E-state index in [2.05, 4.69) is 230 Å². The minimum atomic E-state index is 0.120. The summed E-state index contributed by atoms with van der Waals surface area (Å²) in [5, 5.41) is 0. The normalized spacial score (nSPS) is 16.2. The maximum atomic E-state index is 4.31. The molecule has 0 radical (unpaired) electrons. The van der Waals surface area contributed by atoms with Gasteiger partial charge in [0, 0.05) is 11.8 Å². The molecule has 0 saturated heterocycles. The summed E-state index contributed by atoms with van der Waals surface area (Å²) < 4.78 is 0. The first-order valence-electron chi connectivity index (χ1n) is 24.3. The molecule has 0 heterocycles. The quantitative estimate of drug-likeness (QED) is 0.118.